The summed E-state index contributed by atoms with van der Waals surface area (Å²) in [5.41, 5.74) is 0. The molecule has 1 rings (SSSR count). The van der Waals surface area contributed by atoms with Gasteiger partial charge in [-0.2, -0.15) is 0 Å². The molecule has 0 saturated carbocycles. The van der Waals surface area contributed by atoms with Gasteiger partial charge in [-0.15, -0.1) is 0 Å². The molecule has 2 atom stereocenters. The number of ether oxygens (including phenoxy) is 1. The van der Waals surface area contributed by atoms with Crippen LogP contribution in [0.3, 0.4) is 0 Å². The molecule has 0 radical (unpaired) electrons. The molecule has 1 aliphatic rings. The van der Waals surface area contributed by atoms with E-state index in [2.05, 4.69) is 32.6 Å². The third-order valence-electron chi connectivity index (χ3n) is 2.81. The molecule has 0 amide bonds. The van der Waals surface area contributed by atoms with E-state index in [-0.39, 0.29) is 0 Å². The lowest BCUT2D eigenvalue weighted by Gasteiger charge is -2.37. The SMILES string of the molecule is CC(C)[C@@H](C)N1CCO[C@H](C)C1. The number of hydrogen-bond acceptors (Lipinski definition) is 2. The molecule has 2 nitrogen and oxygen atoms in total. The normalized spacial score (nSPS) is 29.2. The van der Waals surface area contributed by atoms with Gasteiger partial charge >= 0.3 is 0 Å². The summed E-state index contributed by atoms with van der Waals surface area (Å²) in [5, 5.41) is 0. The fourth-order valence-electron chi connectivity index (χ4n) is 1.64. The van der Waals surface area contributed by atoms with Crippen LogP contribution in [-0.4, -0.2) is 36.7 Å². The lowest BCUT2D eigenvalue weighted by Crippen LogP contribution is -2.47. The molecule has 0 aromatic heterocycles. The zero-order chi connectivity index (χ0) is 9.14. The largest absolute Gasteiger partial charge is 0.376 e. The summed E-state index contributed by atoms with van der Waals surface area (Å²) in [6.45, 7) is 12.1. The first-order valence-electron chi connectivity index (χ1n) is 4.97. The van der Waals surface area contributed by atoms with E-state index in [9.17, 15) is 0 Å². The Labute approximate surface area is 75.9 Å². The van der Waals surface area contributed by atoms with Crippen LogP contribution < -0.4 is 0 Å². The second-order valence-electron chi connectivity index (χ2n) is 4.16. The minimum atomic E-state index is 0.417. The Balaban J connectivity index is 2.40. The van der Waals surface area contributed by atoms with E-state index in [1.54, 1.807) is 0 Å². The molecular weight excluding hydrogens is 150 g/mol. The second kappa shape index (κ2) is 4.24. The van der Waals surface area contributed by atoms with Crippen LogP contribution in [-0.2, 0) is 4.74 Å². The van der Waals surface area contributed by atoms with Gasteiger partial charge in [0.25, 0.3) is 0 Å². The molecule has 0 N–H and O–H groups in total. The highest BCUT2D eigenvalue weighted by Crippen LogP contribution is 2.14. The van der Waals surface area contributed by atoms with Crippen molar-refractivity contribution in [1.29, 1.82) is 0 Å². The van der Waals surface area contributed by atoms with Crippen LogP contribution >= 0.6 is 0 Å². The third-order valence-corrected chi connectivity index (χ3v) is 2.81. The van der Waals surface area contributed by atoms with Crippen LogP contribution in [0, 0.1) is 5.92 Å². The van der Waals surface area contributed by atoms with Crippen LogP contribution in [0.25, 0.3) is 0 Å². The molecule has 12 heavy (non-hydrogen) atoms. The summed E-state index contributed by atoms with van der Waals surface area (Å²) in [7, 11) is 0. The van der Waals surface area contributed by atoms with Gasteiger partial charge in [0.2, 0.25) is 0 Å². The van der Waals surface area contributed by atoms with Gasteiger partial charge in [-0.1, -0.05) is 13.8 Å². The van der Waals surface area contributed by atoms with E-state index < -0.39 is 0 Å². The minimum absolute atomic E-state index is 0.417. The molecule has 0 spiro atoms. The van der Waals surface area contributed by atoms with Crippen molar-refractivity contribution in [2.45, 2.75) is 39.8 Å². The Morgan fingerprint density at radius 1 is 1.33 bits per heavy atom. The second-order valence-corrected chi connectivity index (χ2v) is 4.16. The highest BCUT2D eigenvalue weighted by molar-refractivity contribution is 4.75. The highest BCUT2D eigenvalue weighted by atomic mass is 16.5. The number of hydrogen-bond donors (Lipinski definition) is 0. The summed E-state index contributed by atoms with van der Waals surface area (Å²) < 4.78 is 5.50. The lowest BCUT2D eigenvalue weighted by molar-refractivity contribution is -0.0378. The van der Waals surface area contributed by atoms with Crippen LogP contribution in [0.4, 0.5) is 0 Å². The number of morpholine rings is 1. The van der Waals surface area contributed by atoms with Crippen LogP contribution in [0.5, 0.6) is 0 Å². The Bertz CT molecular complexity index is 136. The van der Waals surface area contributed by atoms with Crippen LogP contribution in [0.2, 0.25) is 0 Å². The Kier molecular flexibility index (Phi) is 3.53. The maximum absolute atomic E-state index is 5.50. The van der Waals surface area contributed by atoms with Crippen molar-refractivity contribution in [3.8, 4) is 0 Å². The average Bonchev–Trinajstić information content (AvgIpc) is 2.03. The molecule has 1 saturated heterocycles. The fourth-order valence-corrected chi connectivity index (χ4v) is 1.64. The fraction of sp³-hybridized carbons (Fsp3) is 1.00. The first-order valence-corrected chi connectivity index (χ1v) is 4.97. The molecule has 1 fully saturated rings. The van der Waals surface area contributed by atoms with Crippen LogP contribution in [0.15, 0.2) is 0 Å². The monoisotopic (exact) mass is 171 g/mol. The molecule has 0 bridgehead atoms. The number of rotatable bonds is 2. The molecule has 0 unspecified atom stereocenters. The van der Waals surface area contributed by atoms with Gasteiger partial charge in [0, 0.05) is 19.1 Å². The highest BCUT2D eigenvalue weighted by Gasteiger charge is 2.22. The predicted molar refractivity (Wildman–Crippen MR) is 51.3 cm³/mol. The first kappa shape index (κ1) is 10.0. The van der Waals surface area contributed by atoms with Crippen molar-refractivity contribution < 1.29 is 4.74 Å². The smallest absolute Gasteiger partial charge is 0.0674 e. The Morgan fingerprint density at radius 3 is 2.50 bits per heavy atom. The summed E-state index contributed by atoms with van der Waals surface area (Å²) in [6.07, 6.45) is 0.417. The molecular formula is C10H21NO. The summed E-state index contributed by atoms with van der Waals surface area (Å²) in [6, 6.07) is 0.691. The van der Waals surface area contributed by atoms with E-state index in [4.69, 9.17) is 4.74 Å². The lowest BCUT2D eigenvalue weighted by atomic mass is 10.0. The van der Waals surface area contributed by atoms with E-state index in [0.717, 1.165) is 25.6 Å². The van der Waals surface area contributed by atoms with Crippen LogP contribution in [0.1, 0.15) is 27.7 Å². The van der Waals surface area contributed by atoms with Crippen molar-refractivity contribution in [1.82, 2.24) is 4.90 Å². The molecule has 0 aromatic carbocycles. The third kappa shape index (κ3) is 2.46. The molecule has 72 valence electrons. The van der Waals surface area contributed by atoms with Crippen molar-refractivity contribution in [2.24, 2.45) is 5.92 Å². The summed E-state index contributed by atoms with van der Waals surface area (Å²) >= 11 is 0. The molecule has 0 aromatic rings. The van der Waals surface area contributed by atoms with Gasteiger partial charge in [0.15, 0.2) is 0 Å². The maximum atomic E-state index is 5.50. The average molecular weight is 171 g/mol. The molecule has 1 heterocycles. The Morgan fingerprint density at radius 2 is 2.00 bits per heavy atom. The maximum Gasteiger partial charge on any atom is 0.0674 e. The van der Waals surface area contributed by atoms with Gasteiger partial charge in [0.1, 0.15) is 0 Å². The van der Waals surface area contributed by atoms with Gasteiger partial charge in [0.05, 0.1) is 12.7 Å². The zero-order valence-electron chi connectivity index (χ0n) is 8.71. The molecule has 2 heteroatoms. The standard InChI is InChI=1S/C10H21NO/c1-8(2)10(4)11-5-6-12-9(3)7-11/h8-10H,5-7H2,1-4H3/t9-,10-/m1/s1. The van der Waals surface area contributed by atoms with Crippen molar-refractivity contribution >= 4 is 0 Å². The van der Waals surface area contributed by atoms with E-state index in [0.29, 0.717) is 12.1 Å². The van der Waals surface area contributed by atoms with Gasteiger partial charge in [-0.3, -0.25) is 4.90 Å². The van der Waals surface area contributed by atoms with Crippen molar-refractivity contribution in [3.05, 3.63) is 0 Å². The topological polar surface area (TPSA) is 12.5 Å². The summed E-state index contributed by atoms with van der Waals surface area (Å²) in [4.78, 5) is 2.53. The number of nitrogens with zero attached hydrogens (tertiary/aromatic N) is 1. The molecule has 1 aliphatic heterocycles. The van der Waals surface area contributed by atoms with Crippen molar-refractivity contribution in [3.63, 3.8) is 0 Å². The van der Waals surface area contributed by atoms with E-state index in [1.165, 1.54) is 0 Å². The molecule has 0 aliphatic carbocycles. The Hall–Kier alpha value is -0.0800. The van der Waals surface area contributed by atoms with E-state index >= 15 is 0 Å². The van der Waals surface area contributed by atoms with Gasteiger partial charge in [-0.05, 0) is 19.8 Å². The minimum Gasteiger partial charge on any atom is -0.376 e. The quantitative estimate of drug-likeness (QED) is 0.627. The predicted octanol–water partition coefficient (Wildman–Crippen LogP) is 1.75. The van der Waals surface area contributed by atoms with Gasteiger partial charge in [-0.25, -0.2) is 0 Å². The summed E-state index contributed by atoms with van der Waals surface area (Å²) in [5.74, 6) is 0.746. The van der Waals surface area contributed by atoms with E-state index in [1.807, 2.05) is 0 Å². The first-order chi connectivity index (χ1) is 5.61. The van der Waals surface area contributed by atoms with Crippen molar-refractivity contribution in [2.75, 3.05) is 19.7 Å². The zero-order valence-corrected chi connectivity index (χ0v) is 8.71. The van der Waals surface area contributed by atoms with Gasteiger partial charge < -0.3 is 4.74 Å².